The molecule has 2 aliphatic carbocycles. The number of aryl methyl sites for hydroxylation is 4. The van der Waals surface area contributed by atoms with Gasteiger partial charge in [-0.15, -0.1) is 0 Å². The van der Waals surface area contributed by atoms with E-state index in [4.69, 9.17) is 38.1 Å². The first-order chi connectivity index (χ1) is 33.4. The molecular weight excluding hydrogens is 967 g/mol. The lowest BCUT2D eigenvalue weighted by molar-refractivity contribution is -0.165. The van der Waals surface area contributed by atoms with Crippen LogP contribution in [0, 0.1) is 0 Å². The topological polar surface area (TPSA) is 155 Å². The molecule has 71 heavy (non-hydrogen) atoms. The lowest BCUT2D eigenvalue weighted by Crippen LogP contribution is -2.41. The van der Waals surface area contributed by atoms with Crippen LogP contribution in [0.2, 0.25) is 0 Å². The molecule has 0 radical (unpaired) electrons. The fourth-order valence-corrected chi connectivity index (χ4v) is 10.2. The number of benzene rings is 2. The fourth-order valence-electron chi connectivity index (χ4n) is 9.49. The summed E-state index contributed by atoms with van der Waals surface area (Å²) < 4.78 is 44.5. The molecule has 2 unspecified atom stereocenters. The third-order valence-corrected chi connectivity index (χ3v) is 14.1. The molecule has 2 aromatic carbocycles. The number of carbonyl (C=O) groups is 2. The van der Waals surface area contributed by atoms with Crippen molar-refractivity contribution in [2.45, 2.75) is 168 Å². The highest BCUT2D eigenvalue weighted by Crippen LogP contribution is 2.44. The lowest BCUT2D eigenvalue weighted by Gasteiger charge is -2.32. The Kier molecular flexibility index (Phi) is 16.6. The van der Waals surface area contributed by atoms with Crippen molar-refractivity contribution in [1.29, 1.82) is 0 Å². The number of rotatable bonds is 10. The Bertz CT molecular complexity index is 2640. The number of methoxy groups -OCH3 is 1. The molecule has 5 aliphatic rings. The quantitative estimate of drug-likeness (QED) is 0.119. The average molecular weight is 1040 g/mol. The molecule has 16 heteroatoms. The second-order valence-corrected chi connectivity index (χ2v) is 22.7. The standard InChI is InChI=1S/C24H30N2O4.C20H25BrN2O4.C11H19BO2/c1-24(2,3)30-22(23(27)28)21-19(20(25-26(21)4)15-8-5-6-9-15)17-11-12-18-16(14-17)10-7-13-29-18;1-20(2,3)27-17(19(24)25-5)16-15(18(21)22-23(16)4)13-8-9-14-12(11-13)7-6-10-26-14;1-10(2)11(3,4)14-12(13-10)9-7-5-6-8-9/h8,11-12,14,22H,5-7,9-10,13H2,1-4H3,(H,27,28);8-9,11,17H,6-7,10H2,1-5H3;7H,5-6,8H2,1-4H3. The van der Waals surface area contributed by atoms with Gasteiger partial charge in [-0.2, -0.15) is 10.2 Å². The van der Waals surface area contributed by atoms with E-state index in [-0.39, 0.29) is 18.3 Å². The maximum atomic E-state index is 12.5. The van der Waals surface area contributed by atoms with Crippen molar-refractivity contribution in [3.63, 3.8) is 0 Å². The van der Waals surface area contributed by atoms with E-state index in [1.807, 2.05) is 65.8 Å². The van der Waals surface area contributed by atoms with Crippen LogP contribution in [0.5, 0.6) is 11.5 Å². The van der Waals surface area contributed by atoms with Gasteiger partial charge in [-0.05, 0) is 207 Å². The van der Waals surface area contributed by atoms with Gasteiger partial charge in [0, 0.05) is 25.2 Å². The number of aromatic nitrogens is 4. The van der Waals surface area contributed by atoms with Gasteiger partial charge in [-0.25, -0.2) is 9.59 Å². The van der Waals surface area contributed by atoms with Crippen LogP contribution < -0.4 is 9.47 Å². The minimum absolute atomic E-state index is 0.0949. The molecule has 3 aliphatic heterocycles. The molecule has 14 nitrogen and oxygen atoms in total. The normalized spacial score (nSPS) is 18.8. The van der Waals surface area contributed by atoms with Crippen molar-refractivity contribution in [2.75, 3.05) is 20.3 Å². The smallest absolute Gasteiger partial charge is 0.490 e. The molecule has 0 spiro atoms. The number of aliphatic carboxylic acids is 1. The fraction of sp³-hybridized carbons (Fsp3) is 0.564. The average Bonchev–Trinajstić information content (AvgIpc) is 4.16. The summed E-state index contributed by atoms with van der Waals surface area (Å²) in [6.45, 7) is 21.2. The highest BCUT2D eigenvalue weighted by molar-refractivity contribution is 9.10. The Hall–Kier alpha value is -4.74. The number of fused-ring (bicyclic) bond motifs is 2. The minimum Gasteiger partial charge on any atom is -0.493 e. The summed E-state index contributed by atoms with van der Waals surface area (Å²) in [4.78, 5) is 24.8. The van der Waals surface area contributed by atoms with E-state index in [1.165, 1.54) is 31.0 Å². The highest BCUT2D eigenvalue weighted by atomic mass is 79.9. The number of allylic oxidation sites excluding steroid dienone is 4. The number of nitrogens with zero attached hydrogens (tertiary/aromatic N) is 4. The van der Waals surface area contributed by atoms with Gasteiger partial charge in [0.2, 0.25) is 0 Å². The van der Waals surface area contributed by atoms with Gasteiger partial charge in [0.15, 0.2) is 12.2 Å². The molecule has 4 aromatic rings. The van der Waals surface area contributed by atoms with E-state index in [2.05, 4.69) is 73.0 Å². The van der Waals surface area contributed by atoms with Gasteiger partial charge in [-0.3, -0.25) is 9.36 Å². The summed E-state index contributed by atoms with van der Waals surface area (Å²) in [6.07, 6.45) is 13.0. The number of hydrogen-bond acceptors (Lipinski definition) is 11. The first-order valence-electron chi connectivity index (χ1n) is 25.1. The molecule has 9 rings (SSSR count). The molecule has 5 heterocycles. The third kappa shape index (κ3) is 12.6. The van der Waals surface area contributed by atoms with Crippen LogP contribution in [0.15, 0.2) is 58.6 Å². The Morgan fingerprint density at radius 2 is 1.23 bits per heavy atom. The van der Waals surface area contributed by atoms with E-state index in [9.17, 15) is 14.7 Å². The number of ether oxygens (including phenoxy) is 5. The summed E-state index contributed by atoms with van der Waals surface area (Å²) in [5, 5.41) is 19.3. The molecule has 0 bridgehead atoms. The lowest BCUT2D eigenvalue weighted by atomic mass is 9.78. The van der Waals surface area contributed by atoms with E-state index < -0.39 is 35.3 Å². The monoisotopic (exact) mass is 1040 g/mol. The van der Waals surface area contributed by atoms with Gasteiger partial charge >= 0.3 is 19.1 Å². The number of esters is 1. The Balaban J connectivity index is 0.000000166. The van der Waals surface area contributed by atoms with Crippen LogP contribution in [0.3, 0.4) is 0 Å². The second kappa shape index (κ2) is 21.8. The van der Waals surface area contributed by atoms with Crippen LogP contribution in [0.4, 0.5) is 0 Å². The summed E-state index contributed by atoms with van der Waals surface area (Å²) in [7, 11) is 4.87. The maximum absolute atomic E-state index is 12.5. The van der Waals surface area contributed by atoms with Gasteiger partial charge < -0.3 is 38.1 Å². The van der Waals surface area contributed by atoms with Gasteiger partial charge in [0.25, 0.3) is 0 Å². The van der Waals surface area contributed by atoms with Crippen molar-refractivity contribution < 1.29 is 47.7 Å². The zero-order chi connectivity index (χ0) is 51.6. The van der Waals surface area contributed by atoms with Gasteiger partial charge in [-0.1, -0.05) is 24.3 Å². The molecule has 2 atom stereocenters. The molecule has 0 amide bonds. The van der Waals surface area contributed by atoms with E-state index in [1.54, 1.807) is 23.5 Å². The number of carboxylic acid groups (broad SMARTS) is 1. The predicted molar refractivity (Wildman–Crippen MR) is 279 cm³/mol. The summed E-state index contributed by atoms with van der Waals surface area (Å²) >= 11 is 3.55. The van der Waals surface area contributed by atoms with Crippen LogP contribution in [-0.4, -0.2) is 86.5 Å². The molecule has 2 aromatic heterocycles. The SMILES string of the molecule is CC1(C)OB(C2=CCCC2)OC1(C)C.COC(=O)C(OC(C)(C)C)c1c(-c2ccc3c(c2)CCCO3)c(Br)nn1C.Cn1nc(C2=CCCC2)c(-c2ccc3c(c2)CCCO3)c1C(OC(C)(C)C)C(=O)O. The largest absolute Gasteiger partial charge is 0.493 e. The number of halogens is 1. The molecular formula is C55H74BBrN4O10. The molecule has 0 saturated carbocycles. The Morgan fingerprint density at radius 1 is 0.718 bits per heavy atom. The van der Waals surface area contributed by atoms with Crippen molar-refractivity contribution in [3.8, 4) is 33.8 Å². The molecule has 1 fully saturated rings. The van der Waals surface area contributed by atoms with Crippen LogP contribution in [0.1, 0.15) is 161 Å². The minimum atomic E-state index is -1.11. The summed E-state index contributed by atoms with van der Waals surface area (Å²) in [6, 6.07) is 12.2. The predicted octanol–water partition coefficient (Wildman–Crippen LogP) is 11.9. The van der Waals surface area contributed by atoms with Crippen molar-refractivity contribution >= 4 is 40.6 Å². The zero-order valence-electron chi connectivity index (χ0n) is 44.1. The van der Waals surface area contributed by atoms with Crippen molar-refractivity contribution in [1.82, 2.24) is 19.6 Å². The van der Waals surface area contributed by atoms with Crippen molar-refractivity contribution in [3.05, 3.63) is 86.8 Å². The number of carbonyl (C=O) groups excluding carboxylic acids is 1. The van der Waals surface area contributed by atoms with Crippen LogP contribution >= 0.6 is 15.9 Å². The van der Waals surface area contributed by atoms with Crippen LogP contribution in [-0.2, 0) is 60.0 Å². The van der Waals surface area contributed by atoms with E-state index in [0.29, 0.717) is 16.0 Å². The third-order valence-electron chi connectivity index (χ3n) is 13.6. The van der Waals surface area contributed by atoms with Crippen LogP contribution in [0.25, 0.3) is 27.8 Å². The first-order valence-corrected chi connectivity index (χ1v) is 25.9. The second-order valence-electron chi connectivity index (χ2n) is 21.9. The molecule has 1 N–H and O–H groups in total. The maximum Gasteiger partial charge on any atom is 0.490 e. The number of carboxylic acids is 1. The van der Waals surface area contributed by atoms with Gasteiger partial charge in [0.1, 0.15) is 16.1 Å². The van der Waals surface area contributed by atoms with E-state index >= 15 is 0 Å². The highest BCUT2D eigenvalue weighted by Gasteiger charge is 2.52. The Morgan fingerprint density at radius 3 is 1.72 bits per heavy atom. The summed E-state index contributed by atoms with van der Waals surface area (Å²) in [5.41, 5.74) is 9.01. The molecule has 384 valence electrons. The van der Waals surface area contributed by atoms with E-state index in [0.717, 1.165) is 115 Å². The number of hydrogen-bond donors (Lipinski definition) is 1. The summed E-state index contributed by atoms with van der Waals surface area (Å²) in [5.74, 6) is 0.366. The van der Waals surface area contributed by atoms with Gasteiger partial charge in [0.05, 0.1) is 59.8 Å². The molecule has 1 saturated heterocycles. The van der Waals surface area contributed by atoms with Crippen molar-refractivity contribution in [2.24, 2.45) is 14.1 Å². The first kappa shape index (κ1) is 54.0. The Labute approximate surface area is 429 Å². The zero-order valence-corrected chi connectivity index (χ0v) is 45.7.